The van der Waals surface area contributed by atoms with Crippen LogP contribution in [0, 0.1) is 0 Å². The van der Waals surface area contributed by atoms with Gasteiger partial charge in [-0.3, -0.25) is 4.79 Å². The van der Waals surface area contributed by atoms with E-state index in [1.165, 1.54) is 12.3 Å². The van der Waals surface area contributed by atoms with Crippen LogP contribution >= 0.6 is 12.4 Å². The first-order chi connectivity index (χ1) is 3.39. The molecule has 0 atom stereocenters. The van der Waals surface area contributed by atoms with Gasteiger partial charge in [0.15, 0.2) is 0 Å². The number of halogens is 1. The molecule has 3 nitrogen and oxygen atoms in total. The van der Waals surface area contributed by atoms with E-state index in [0.717, 1.165) is 6.20 Å². The molecule has 0 spiro atoms. The quantitative estimate of drug-likeness (QED) is 0.516. The van der Waals surface area contributed by atoms with Crippen molar-refractivity contribution >= 4 is 12.4 Å². The molecule has 1 heterocycles. The highest BCUT2D eigenvalue weighted by atomic mass is 35.5. The van der Waals surface area contributed by atoms with Crippen molar-refractivity contribution in [2.75, 3.05) is 0 Å². The van der Waals surface area contributed by atoms with Gasteiger partial charge >= 0.3 is 0 Å². The van der Waals surface area contributed by atoms with Crippen molar-refractivity contribution in [2.45, 2.75) is 0 Å². The molecule has 0 fully saturated rings. The molecule has 4 heteroatoms. The molecule has 1 rings (SSSR count). The molecule has 0 aliphatic rings. The minimum atomic E-state index is -0.133. The number of nitrogens with zero attached hydrogens (tertiary/aromatic N) is 1. The number of aromatic nitrogens is 1. The Morgan fingerprint density at radius 2 is 2.38 bits per heavy atom. The van der Waals surface area contributed by atoms with E-state index in [1.807, 2.05) is 0 Å². The van der Waals surface area contributed by atoms with Gasteiger partial charge in [0.25, 0.3) is 0 Å². The van der Waals surface area contributed by atoms with Crippen LogP contribution in [-0.4, -0.2) is 5.16 Å². The fraction of sp³-hybridized carbons (Fsp3) is 0. The minimum absolute atomic E-state index is 0. The van der Waals surface area contributed by atoms with Crippen LogP contribution in [0.2, 0.25) is 0 Å². The lowest BCUT2D eigenvalue weighted by Crippen LogP contribution is -1.93. The fourth-order valence-electron chi connectivity index (χ4n) is 0.258. The van der Waals surface area contributed by atoms with Crippen molar-refractivity contribution in [1.29, 1.82) is 0 Å². The molecule has 44 valence electrons. The van der Waals surface area contributed by atoms with Gasteiger partial charge in [0.2, 0.25) is 5.43 Å². The van der Waals surface area contributed by atoms with Crippen molar-refractivity contribution in [3.63, 3.8) is 0 Å². The summed E-state index contributed by atoms with van der Waals surface area (Å²) >= 11 is 0. The van der Waals surface area contributed by atoms with Crippen molar-refractivity contribution in [1.82, 2.24) is 5.16 Å². The molecule has 0 amide bonds. The summed E-state index contributed by atoms with van der Waals surface area (Å²) in [4.78, 5) is 10.1. The zero-order valence-electron chi connectivity index (χ0n) is 3.90. The standard InChI is InChI=1S/C4H3NO2.ClH/c6-4-1-2-7-5-3-4;/h1-3H;1H. The van der Waals surface area contributed by atoms with Crippen LogP contribution in [0.1, 0.15) is 0 Å². The van der Waals surface area contributed by atoms with E-state index < -0.39 is 0 Å². The molecular weight excluding hydrogens is 130 g/mol. The molecule has 0 aliphatic carbocycles. The zero-order chi connectivity index (χ0) is 5.11. The van der Waals surface area contributed by atoms with Crippen molar-refractivity contribution < 1.29 is 4.52 Å². The average Bonchev–Trinajstić information content (AvgIpc) is 1.69. The molecule has 1 aromatic heterocycles. The summed E-state index contributed by atoms with van der Waals surface area (Å²) in [5.74, 6) is 0. The minimum Gasteiger partial charge on any atom is -0.365 e. The monoisotopic (exact) mass is 133 g/mol. The Balaban J connectivity index is 0.000000490. The lowest BCUT2D eigenvalue weighted by molar-refractivity contribution is 0.397. The maximum Gasteiger partial charge on any atom is 0.203 e. The van der Waals surface area contributed by atoms with Crippen LogP contribution in [0.15, 0.2) is 27.8 Å². The third kappa shape index (κ3) is 1.75. The van der Waals surface area contributed by atoms with Crippen LogP contribution in [0.4, 0.5) is 0 Å². The number of hydrogen-bond acceptors (Lipinski definition) is 3. The Kier molecular flexibility index (Phi) is 2.88. The maximum atomic E-state index is 10.1. The van der Waals surface area contributed by atoms with Crippen LogP contribution in [0.3, 0.4) is 0 Å². The summed E-state index contributed by atoms with van der Waals surface area (Å²) in [6.07, 6.45) is 2.35. The Labute approximate surface area is 51.7 Å². The molecule has 1 aromatic rings. The molecular formula is C4H4ClNO2. The van der Waals surface area contributed by atoms with Gasteiger partial charge in [-0.25, -0.2) is 0 Å². The van der Waals surface area contributed by atoms with Gasteiger partial charge < -0.3 is 4.52 Å². The Hall–Kier alpha value is -0.830. The summed E-state index contributed by atoms with van der Waals surface area (Å²) in [6, 6.07) is 1.30. The van der Waals surface area contributed by atoms with Crippen molar-refractivity contribution in [2.24, 2.45) is 0 Å². The van der Waals surface area contributed by atoms with E-state index in [-0.39, 0.29) is 17.8 Å². The van der Waals surface area contributed by atoms with Crippen LogP contribution in [0.25, 0.3) is 0 Å². The van der Waals surface area contributed by atoms with E-state index >= 15 is 0 Å². The number of rotatable bonds is 0. The normalized spacial score (nSPS) is 7.50. The summed E-state index contributed by atoms with van der Waals surface area (Å²) < 4.78 is 4.31. The highest BCUT2D eigenvalue weighted by Gasteiger charge is 1.74. The van der Waals surface area contributed by atoms with E-state index in [0.29, 0.717) is 0 Å². The molecule has 0 saturated carbocycles. The lowest BCUT2D eigenvalue weighted by Gasteiger charge is -1.70. The second-order valence-corrected chi connectivity index (χ2v) is 1.05. The average molecular weight is 134 g/mol. The van der Waals surface area contributed by atoms with Crippen molar-refractivity contribution in [3.05, 3.63) is 28.7 Å². The largest absolute Gasteiger partial charge is 0.365 e. The van der Waals surface area contributed by atoms with Crippen LogP contribution in [-0.2, 0) is 0 Å². The predicted octanol–water partition coefficient (Wildman–Crippen LogP) is 0.457. The summed E-state index contributed by atoms with van der Waals surface area (Å²) in [5, 5.41) is 3.20. The van der Waals surface area contributed by atoms with Crippen LogP contribution < -0.4 is 5.43 Å². The maximum absolute atomic E-state index is 10.1. The molecule has 0 aliphatic heterocycles. The Morgan fingerprint density at radius 3 is 2.62 bits per heavy atom. The van der Waals surface area contributed by atoms with E-state index in [1.54, 1.807) is 0 Å². The first-order valence-corrected chi connectivity index (χ1v) is 1.79. The molecule has 0 bridgehead atoms. The second-order valence-electron chi connectivity index (χ2n) is 1.05. The molecule has 0 radical (unpaired) electrons. The third-order valence-electron chi connectivity index (χ3n) is 0.534. The van der Waals surface area contributed by atoms with Crippen LogP contribution in [0.5, 0.6) is 0 Å². The van der Waals surface area contributed by atoms with Gasteiger partial charge in [-0.15, -0.1) is 12.4 Å². The van der Waals surface area contributed by atoms with E-state index in [2.05, 4.69) is 9.68 Å². The van der Waals surface area contributed by atoms with Gasteiger partial charge in [0.05, 0.1) is 0 Å². The third-order valence-corrected chi connectivity index (χ3v) is 0.534. The molecule has 0 aromatic carbocycles. The Bertz CT molecular complexity index is 180. The molecule has 0 saturated heterocycles. The van der Waals surface area contributed by atoms with Gasteiger partial charge in [0.1, 0.15) is 12.5 Å². The summed E-state index contributed by atoms with van der Waals surface area (Å²) in [5.41, 5.74) is -0.133. The van der Waals surface area contributed by atoms with Crippen molar-refractivity contribution in [3.8, 4) is 0 Å². The van der Waals surface area contributed by atoms with Gasteiger partial charge in [-0.1, -0.05) is 5.16 Å². The first kappa shape index (κ1) is 7.17. The topological polar surface area (TPSA) is 43.1 Å². The van der Waals surface area contributed by atoms with E-state index in [9.17, 15) is 4.79 Å². The zero-order valence-corrected chi connectivity index (χ0v) is 4.72. The highest BCUT2D eigenvalue weighted by molar-refractivity contribution is 5.85. The van der Waals surface area contributed by atoms with Gasteiger partial charge in [0, 0.05) is 6.07 Å². The highest BCUT2D eigenvalue weighted by Crippen LogP contribution is 1.64. The fourth-order valence-corrected chi connectivity index (χ4v) is 0.258. The summed E-state index contributed by atoms with van der Waals surface area (Å²) in [7, 11) is 0. The predicted molar refractivity (Wildman–Crippen MR) is 30.0 cm³/mol. The van der Waals surface area contributed by atoms with Gasteiger partial charge in [-0.05, 0) is 0 Å². The molecule has 0 unspecified atom stereocenters. The Morgan fingerprint density at radius 1 is 1.62 bits per heavy atom. The van der Waals surface area contributed by atoms with Gasteiger partial charge in [-0.2, -0.15) is 0 Å². The molecule has 8 heavy (non-hydrogen) atoms. The lowest BCUT2D eigenvalue weighted by atomic mass is 10.6. The summed E-state index contributed by atoms with van der Waals surface area (Å²) in [6.45, 7) is 0. The SMILES string of the molecule is Cl.O=c1cconc1. The van der Waals surface area contributed by atoms with E-state index in [4.69, 9.17) is 0 Å². The molecule has 0 N–H and O–H groups in total. The second kappa shape index (κ2) is 3.21. The number of hydrogen-bond donors (Lipinski definition) is 0. The first-order valence-electron chi connectivity index (χ1n) is 1.79. The smallest absolute Gasteiger partial charge is 0.203 e.